The first-order valence-electron chi connectivity index (χ1n) is 8.58. The van der Waals surface area contributed by atoms with E-state index in [1.165, 1.54) is 5.56 Å². The summed E-state index contributed by atoms with van der Waals surface area (Å²) in [5.41, 5.74) is 3.12. The zero-order chi connectivity index (χ0) is 18.5. The molecule has 4 aromatic rings. The molecule has 0 aliphatic carbocycles. The van der Waals surface area contributed by atoms with Gasteiger partial charge < -0.3 is 9.26 Å². The quantitative estimate of drug-likeness (QED) is 0.405. The molecule has 0 spiro atoms. The molecule has 0 saturated carbocycles. The highest BCUT2D eigenvalue weighted by molar-refractivity contribution is 7.98. The normalized spacial score (nSPS) is 10.7. The highest BCUT2D eigenvalue weighted by atomic mass is 32.2. The Bertz CT molecular complexity index is 1010. The van der Waals surface area contributed by atoms with E-state index in [9.17, 15) is 0 Å². The lowest BCUT2D eigenvalue weighted by molar-refractivity contribution is 0.414. The van der Waals surface area contributed by atoms with Gasteiger partial charge in [0.15, 0.2) is 0 Å². The van der Waals surface area contributed by atoms with Crippen molar-refractivity contribution in [2.75, 3.05) is 7.11 Å². The third kappa shape index (κ3) is 4.04. The molecule has 0 fully saturated rings. The topological polar surface area (TPSA) is 48.2 Å². The molecule has 0 bridgehead atoms. The van der Waals surface area contributed by atoms with Crippen LogP contribution < -0.4 is 4.74 Å². The van der Waals surface area contributed by atoms with Crippen molar-refractivity contribution < 1.29 is 9.26 Å². The lowest BCUT2D eigenvalue weighted by Gasteiger charge is -2.05. The smallest absolute Gasteiger partial charge is 0.259 e. The van der Waals surface area contributed by atoms with Crippen molar-refractivity contribution >= 4 is 11.8 Å². The van der Waals surface area contributed by atoms with Crippen molar-refractivity contribution in [2.45, 2.75) is 10.6 Å². The fraction of sp³-hybridized carbons (Fsp3) is 0.0909. The van der Waals surface area contributed by atoms with Gasteiger partial charge in [0.25, 0.3) is 5.89 Å². The van der Waals surface area contributed by atoms with Crippen LogP contribution in [0.15, 0.2) is 88.3 Å². The number of thioether (sulfide) groups is 1. The minimum atomic E-state index is 0.525. The SMILES string of the molecule is COc1ccc(-c2noc(-c3ccccc3SCc3ccccc3)n2)cc1. The fourth-order valence-electron chi connectivity index (χ4n) is 2.69. The molecule has 0 N–H and O–H groups in total. The van der Waals surface area contributed by atoms with E-state index >= 15 is 0 Å². The Morgan fingerprint density at radius 1 is 0.889 bits per heavy atom. The number of ether oxygens (including phenoxy) is 1. The molecule has 0 amide bonds. The van der Waals surface area contributed by atoms with Gasteiger partial charge >= 0.3 is 0 Å². The largest absolute Gasteiger partial charge is 0.497 e. The third-order valence-electron chi connectivity index (χ3n) is 4.13. The Morgan fingerprint density at radius 2 is 1.63 bits per heavy atom. The van der Waals surface area contributed by atoms with Gasteiger partial charge in [0.2, 0.25) is 5.82 Å². The summed E-state index contributed by atoms with van der Waals surface area (Å²) in [5, 5.41) is 4.14. The molecule has 0 unspecified atom stereocenters. The molecule has 27 heavy (non-hydrogen) atoms. The van der Waals surface area contributed by atoms with E-state index in [1.807, 2.05) is 48.5 Å². The summed E-state index contributed by atoms with van der Waals surface area (Å²) >= 11 is 1.76. The standard InChI is InChI=1S/C22H18N2O2S/c1-25-18-13-11-17(12-14-18)21-23-22(26-24-21)19-9-5-6-10-20(19)27-15-16-7-3-2-4-8-16/h2-14H,15H2,1H3. The van der Waals surface area contributed by atoms with Crippen molar-refractivity contribution in [1.82, 2.24) is 10.1 Å². The molecular weight excluding hydrogens is 356 g/mol. The predicted octanol–water partition coefficient (Wildman–Crippen LogP) is 5.70. The van der Waals surface area contributed by atoms with Crippen LogP contribution in [0.2, 0.25) is 0 Å². The monoisotopic (exact) mass is 374 g/mol. The highest BCUT2D eigenvalue weighted by Gasteiger charge is 2.14. The molecule has 0 atom stereocenters. The number of nitrogens with zero attached hydrogens (tertiary/aromatic N) is 2. The van der Waals surface area contributed by atoms with Gasteiger partial charge in [0.1, 0.15) is 5.75 Å². The van der Waals surface area contributed by atoms with Crippen molar-refractivity contribution in [3.05, 3.63) is 84.4 Å². The van der Waals surface area contributed by atoms with Crippen LogP contribution in [0.3, 0.4) is 0 Å². The van der Waals surface area contributed by atoms with Gasteiger partial charge in [-0.1, -0.05) is 47.6 Å². The van der Waals surface area contributed by atoms with E-state index in [1.54, 1.807) is 18.9 Å². The van der Waals surface area contributed by atoms with Gasteiger partial charge in [-0.15, -0.1) is 11.8 Å². The average molecular weight is 374 g/mol. The summed E-state index contributed by atoms with van der Waals surface area (Å²) in [5.74, 6) is 2.77. The third-order valence-corrected chi connectivity index (χ3v) is 5.27. The molecule has 0 aliphatic rings. The summed E-state index contributed by atoms with van der Waals surface area (Å²) in [6.45, 7) is 0. The summed E-state index contributed by atoms with van der Waals surface area (Å²) in [6, 6.07) is 26.1. The molecule has 5 heteroatoms. The van der Waals surface area contributed by atoms with E-state index in [4.69, 9.17) is 9.26 Å². The molecule has 0 radical (unpaired) electrons. The Morgan fingerprint density at radius 3 is 2.41 bits per heavy atom. The Labute approximate surface area is 162 Å². The highest BCUT2D eigenvalue weighted by Crippen LogP contribution is 2.33. The lowest BCUT2D eigenvalue weighted by Crippen LogP contribution is -1.86. The second-order valence-electron chi connectivity index (χ2n) is 5.92. The number of methoxy groups -OCH3 is 1. The molecule has 1 aromatic heterocycles. The van der Waals surface area contributed by atoms with Crippen molar-refractivity contribution in [1.29, 1.82) is 0 Å². The van der Waals surface area contributed by atoms with Crippen LogP contribution in [0.5, 0.6) is 5.75 Å². The molecule has 0 aliphatic heterocycles. The second kappa shape index (κ2) is 8.10. The molecule has 1 heterocycles. The minimum absolute atomic E-state index is 0.525. The van der Waals surface area contributed by atoms with Crippen molar-refractivity contribution in [2.24, 2.45) is 0 Å². The maximum absolute atomic E-state index is 5.55. The second-order valence-corrected chi connectivity index (χ2v) is 6.94. The van der Waals surface area contributed by atoms with Crippen LogP contribution >= 0.6 is 11.8 Å². The number of aromatic nitrogens is 2. The number of rotatable bonds is 6. The van der Waals surface area contributed by atoms with E-state index in [2.05, 4.69) is 40.5 Å². The maximum atomic E-state index is 5.55. The van der Waals surface area contributed by atoms with E-state index in [-0.39, 0.29) is 0 Å². The Balaban J connectivity index is 1.57. The van der Waals surface area contributed by atoms with Crippen LogP contribution in [0.1, 0.15) is 5.56 Å². The average Bonchev–Trinajstić information content (AvgIpc) is 3.23. The van der Waals surface area contributed by atoms with Gasteiger partial charge in [0, 0.05) is 16.2 Å². The van der Waals surface area contributed by atoms with Gasteiger partial charge in [0.05, 0.1) is 12.7 Å². The van der Waals surface area contributed by atoms with Crippen LogP contribution in [0.25, 0.3) is 22.8 Å². The summed E-state index contributed by atoms with van der Waals surface area (Å²) in [6.07, 6.45) is 0. The summed E-state index contributed by atoms with van der Waals surface area (Å²) in [7, 11) is 1.64. The van der Waals surface area contributed by atoms with Gasteiger partial charge in [-0.25, -0.2) is 0 Å². The van der Waals surface area contributed by atoms with E-state index in [0.29, 0.717) is 11.7 Å². The van der Waals surface area contributed by atoms with Crippen LogP contribution in [0.4, 0.5) is 0 Å². The number of hydrogen-bond donors (Lipinski definition) is 0. The summed E-state index contributed by atoms with van der Waals surface area (Å²) in [4.78, 5) is 5.71. The Kier molecular flexibility index (Phi) is 5.21. The molecule has 4 nitrogen and oxygen atoms in total. The summed E-state index contributed by atoms with van der Waals surface area (Å²) < 4.78 is 10.7. The van der Waals surface area contributed by atoms with Crippen LogP contribution in [-0.4, -0.2) is 17.3 Å². The zero-order valence-corrected chi connectivity index (χ0v) is 15.6. The van der Waals surface area contributed by atoms with Crippen molar-refractivity contribution in [3.63, 3.8) is 0 Å². The zero-order valence-electron chi connectivity index (χ0n) is 14.8. The number of hydrogen-bond acceptors (Lipinski definition) is 5. The number of benzene rings is 3. The van der Waals surface area contributed by atoms with Crippen LogP contribution in [-0.2, 0) is 5.75 Å². The van der Waals surface area contributed by atoms with E-state index < -0.39 is 0 Å². The van der Waals surface area contributed by atoms with Crippen molar-refractivity contribution in [3.8, 4) is 28.6 Å². The van der Waals surface area contributed by atoms with E-state index in [0.717, 1.165) is 27.5 Å². The first-order valence-corrected chi connectivity index (χ1v) is 9.56. The molecule has 134 valence electrons. The first-order chi connectivity index (χ1) is 13.3. The lowest BCUT2D eigenvalue weighted by atomic mass is 10.2. The molecule has 0 saturated heterocycles. The first kappa shape index (κ1) is 17.4. The Hall–Kier alpha value is -3.05. The van der Waals surface area contributed by atoms with Gasteiger partial charge in [-0.05, 0) is 42.0 Å². The minimum Gasteiger partial charge on any atom is -0.497 e. The van der Waals surface area contributed by atoms with Gasteiger partial charge in [-0.3, -0.25) is 0 Å². The fourth-order valence-corrected chi connectivity index (χ4v) is 3.69. The molecule has 3 aromatic carbocycles. The predicted molar refractivity (Wildman–Crippen MR) is 108 cm³/mol. The maximum Gasteiger partial charge on any atom is 0.259 e. The van der Waals surface area contributed by atoms with Gasteiger partial charge in [-0.2, -0.15) is 4.98 Å². The van der Waals surface area contributed by atoms with Crippen LogP contribution in [0, 0.1) is 0 Å². The molecular formula is C22H18N2O2S. The molecule has 4 rings (SSSR count).